The number of nitrogens with zero attached hydrogens (tertiary/aromatic N) is 2. The molecule has 0 spiro atoms. The molecule has 1 aliphatic rings. The van der Waals surface area contributed by atoms with Gasteiger partial charge in [-0.25, -0.2) is 0 Å². The highest BCUT2D eigenvalue weighted by Crippen LogP contribution is 2.26. The lowest BCUT2D eigenvalue weighted by Gasteiger charge is -2.19. The number of hydrogen-bond donors (Lipinski definition) is 2. The first-order valence-electron chi connectivity index (χ1n) is 7.50. The SMILES string of the molecule is CN(CC(=O)NCCC1CCNC1)c1ccccc1[N+](=O)[O-].Cl. The second-order valence-electron chi connectivity index (χ2n) is 5.60. The van der Waals surface area contributed by atoms with Gasteiger partial charge in [0.2, 0.25) is 5.91 Å². The summed E-state index contributed by atoms with van der Waals surface area (Å²) in [4.78, 5) is 24.1. The number of carbonyl (C=O) groups is 1. The second-order valence-corrected chi connectivity index (χ2v) is 5.60. The van der Waals surface area contributed by atoms with Crippen molar-refractivity contribution in [2.45, 2.75) is 12.8 Å². The van der Waals surface area contributed by atoms with E-state index in [4.69, 9.17) is 0 Å². The molecular formula is C15H23ClN4O3. The average Bonchev–Trinajstić information content (AvgIpc) is 3.00. The predicted octanol–water partition coefficient (Wildman–Crippen LogP) is 1.57. The summed E-state index contributed by atoms with van der Waals surface area (Å²) in [6.45, 7) is 2.83. The van der Waals surface area contributed by atoms with Gasteiger partial charge in [-0.1, -0.05) is 12.1 Å². The monoisotopic (exact) mass is 342 g/mol. The molecule has 23 heavy (non-hydrogen) atoms. The Hall–Kier alpha value is -1.86. The summed E-state index contributed by atoms with van der Waals surface area (Å²) in [6, 6.07) is 6.43. The maximum Gasteiger partial charge on any atom is 0.292 e. The zero-order valence-electron chi connectivity index (χ0n) is 13.2. The Labute approximate surface area is 142 Å². The minimum atomic E-state index is -0.434. The van der Waals surface area contributed by atoms with Crippen molar-refractivity contribution in [3.05, 3.63) is 34.4 Å². The smallest absolute Gasteiger partial charge is 0.292 e. The molecule has 0 saturated carbocycles. The minimum Gasteiger partial charge on any atom is -0.360 e. The third kappa shape index (κ3) is 5.69. The summed E-state index contributed by atoms with van der Waals surface area (Å²) in [7, 11) is 1.68. The number of hydrogen-bond acceptors (Lipinski definition) is 5. The van der Waals surface area contributed by atoms with Gasteiger partial charge in [-0.15, -0.1) is 12.4 Å². The first-order valence-corrected chi connectivity index (χ1v) is 7.50. The molecule has 0 radical (unpaired) electrons. The van der Waals surface area contributed by atoms with Crippen LogP contribution in [0, 0.1) is 16.0 Å². The summed E-state index contributed by atoms with van der Waals surface area (Å²) in [5.74, 6) is 0.514. The molecule has 1 amide bonds. The fourth-order valence-corrected chi connectivity index (χ4v) is 2.67. The summed E-state index contributed by atoms with van der Waals surface area (Å²) in [5, 5.41) is 17.2. The molecule has 1 aromatic carbocycles. The van der Waals surface area contributed by atoms with E-state index in [2.05, 4.69) is 10.6 Å². The maximum atomic E-state index is 11.9. The van der Waals surface area contributed by atoms with Gasteiger partial charge in [0.25, 0.3) is 5.69 Å². The maximum absolute atomic E-state index is 11.9. The van der Waals surface area contributed by atoms with Crippen molar-refractivity contribution in [2.24, 2.45) is 5.92 Å². The van der Waals surface area contributed by atoms with Crippen LogP contribution in [0.4, 0.5) is 11.4 Å². The zero-order valence-corrected chi connectivity index (χ0v) is 14.0. The highest BCUT2D eigenvalue weighted by molar-refractivity contribution is 5.85. The van der Waals surface area contributed by atoms with Gasteiger partial charge in [0.1, 0.15) is 5.69 Å². The topological polar surface area (TPSA) is 87.5 Å². The third-order valence-electron chi connectivity index (χ3n) is 3.91. The lowest BCUT2D eigenvalue weighted by atomic mass is 10.1. The highest BCUT2D eigenvalue weighted by Gasteiger charge is 2.18. The van der Waals surface area contributed by atoms with E-state index >= 15 is 0 Å². The Bertz CT molecular complexity index is 535. The molecule has 1 aliphatic heterocycles. The third-order valence-corrected chi connectivity index (χ3v) is 3.91. The van der Waals surface area contributed by atoms with Crippen LogP contribution in [-0.4, -0.2) is 44.1 Å². The number of para-hydroxylation sites is 2. The van der Waals surface area contributed by atoms with Crippen LogP contribution in [0.3, 0.4) is 0 Å². The molecular weight excluding hydrogens is 320 g/mol. The number of rotatable bonds is 7. The van der Waals surface area contributed by atoms with E-state index in [1.165, 1.54) is 6.07 Å². The molecule has 0 aliphatic carbocycles. The second kappa shape index (κ2) is 9.32. The molecule has 1 unspecified atom stereocenters. The molecule has 0 aromatic heterocycles. The van der Waals surface area contributed by atoms with Gasteiger partial charge in [-0.3, -0.25) is 14.9 Å². The van der Waals surface area contributed by atoms with Crippen LogP contribution in [0.5, 0.6) is 0 Å². The molecule has 2 rings (SSSR count). The number of benzene rings is 1. The van der Waals surface area contributed by atoms with E-state index in [1.54, 1.807) is 30.1 Å². The van der Waals surface area contributed by atoms with Crippen LogP contribution in [0.15, 0.2) is 24.3 Å². The number of halogens is 1. The van der Waals surface area contributed by atoms with Crippen LogP contribution >= 0.6 is 12.4 Å². The molecule has 1 atom stereocenters. The predicted molar refractivity (Wildman–Crippen MR) is 92.2 cm³/mol. The van der Waals surface area contributed by atoms with Gasteiger partial charge < -0.3 is 15.5 Å². The Morgan fingerprint density at radius 1 is 1.48 bits per heavy atom. The summed E-state index contributed by atoms with van der Waals surface area (Å²) >= 11 is 0. The van der Waals surface area contributed by atoms with Crippen LogP contribution in [0.1, 0.15) is 12.8 Å². The van der Waals surface area contributed by atoms with E-state index in [0.29, 0.717) is 18.2 Å². The Kier molecular flexibility index (Phi) is 7.77. The minimum absolute atomic E-state index is 0. The van der Waals surface area contributed by atoms with Gasteiger partial charge in [0.05, 0.1) is 11.5 Å². The summed E-state index contributed by atoms with van der Waals surface area (Å²) in [5.41, 5.74) is 0.456. The van der Waals surface area contributed by atoms with Crippen molar-refractivity contribution in [2.75, 3.05) is 38.1 Å². The van der Waals surface area contributed by atoms with Crippen molar-refractivity contribution in [1.82, 2.24) is 10.6 Å². The van der Waals surface area contributed by atoms with Crippen molar-refractivity contribution in [3.63, 3.8) is 0 Å². The first-order chi connectivity index (χ1) is 10.6. The number of amides is 1. The summed E-state index contributed by atoms with van der Waals surface area (Å²) in [6.07, 6.45) is 2.12. The van der Waals surface area contributed by atoms with Gasteiger partial charge in [0.15, 0.2) is 0 Å². The molecule has 8 heteroatoms. The number of nitro groups is 1. The molecule has 1 saturated heterocycles. The fraction of sp³-hybridized carbons (Fsp3) is 0.533. The van der Waals surface area contributed by atoms with Gasteiger partial charge >= 0.3 is 0 Å². The van der Waals surface area contributed by atoms with Crippen LogP contribution in [-0.2, 0) is 4.79 Å². The molecule has 1 heterocycles. The van der Waals surface area contributed by atoms with E-state index in [-0.39, 0.29) is 30.5 Å². The first kappa shape index (κ1) is 19.2. The van der Waals surface area contributed by atoms with E-state index < -0.39 is 4.92 Å². The largest absolute Gasteiger partial charge is 0.360 e. The van der Waals surface area contributed by atoms with Crippen molar-refractivity contribution < 1.29 is 9.72 Å². The van der Waals surface area contributed by atoms with E-state index in [0.717, 1.165) is 25.9 Å². The van der Waals surface area contributed by atoms with Crippen LogP contribution in [0.25, 0.3) is 0 Å². The highest BCUT2D eigenvalue weighted by atomic mass is 35.5. The lowest BCUT2D eigenvalue weighted by Crippen LogP contribution is -2.36. The Morgan fingerprint density at radius 2 is 2.22 bits per heavy atom. The standard InChI is InChI=1S/C15H22N4O3.ClH/c1-18(13-4-2-3-5-14(13)19(21)22)11-15(20)17-9-7-12-6-8-16-10-12;/h2-5,12,16H,6-11H2,1H3,(H,17,20);1H. The molecule has 2 N–H and O–H groups in total. The number of likely N-dealkylation sites (N-methyl/N-ethyl adjacent to an activating group) is 1. The van der Waals surface area contributed by atoms with Gasteiger partial charge in [-0.2, -0.15) is 0 Å². The molecule has 128 valence electrons. The van der Waals surface area contributed by atoms with Crippen LogP contribution < -0.4 is 15.5 Å². The Morgan fingerprint density at radius 3 is 2.87 bits per heavy atom. The number of anilines is 1. The van der Waals surface area contributed by atoms with Crippen LogP contribution in [0.2, 0.25) is 0 Å². The molecule has 0 bridgehead atoms. The van der Waals surface area contributed by atoms with Gasteiger partial charge in [-0.05, 0) is 37.9 Å². The quantitative estimate of drug-likeness (QED) is 0.580. The summed E-state index contributed by atoms with van der Waals surface area (Å²) < 4.78 is 0. The van der Waals surface area contributed by atoms with Gasteiger partial charge in [0, 0.05) is 19.7 Å². The van der Waals surface area contributed by atoms with E-state index in [1.807, 2.05) is 0 Å². The van der Waals surface area contributed by atoms with Crippen molar-refractivity contribution in [1.29, 1.82) is 0 Å². The number of carbonyl (C=O) groups excluding carboxylic acids is 1. The zero-order chi connectivity index (χ0) is 15.9. The van der Waals surface area contributed by atoms with Crippen molar-refractivity contribution >= 4 is 29.7 Å². The Balaban J connectivity index is 0.00000264. The van der Waals surface area contributed by atoms with Crippen molar-refractivity contribution in [3.8, 4) is 0 Å². The molecule has 1 aromatic rings. The fourth-order valence-electron chi connectivity index (χ4n) is 2.67. The number of nitrogens with one attached hydrogen (secondary N) is 2. The lowest BCUT2D eigenvalue weighted by molar-refractivity contribution is -0.384. The van der Waals surface area contributed by atoms with E-state index in [9.17, 15) is 14.9 Å². The number of nitro benzene ring substituents is 1. The average molecular weight is 343 g/mol. The molecule has 1 fully saturated rings. The normalized spacial score (nSPS) is 16.5. The molecule has 7 nitrogen and oxygen atoms in total.